The van der Waals surface area contributed by atoms with Crippen molar-refractivity contribution < 1.29 is 9.59 Å². The van der Waals surface area contributed by atoms with Crippen molar-refractivity contribution in [1.82, 2.24) is 4.90 Å². The van der Waals surface area contributed by atoms with Gasteiger partial charge in [-0.25, -0.2) is 0 Å². The van der Waals surface area contributed by atoms with Crippen LogP contribution in [0.3, 0.4) is 0 Å². The Bertz CT molecular complexity index is 245. The molecule has 0 aliphatic carbocycles. The van der Waals surface area contributed by atoms with Gasteiger partial charge in [0.15, 0.2) is 0 Å². The SMILES string of the molecule is CC(CN)CSC1CC(=O)N(C)C1=O. The second kappa shape index (κ2) is 4.79. The van der Waals surface area contributed by atoms with Gasteiger partial charge in [-0.2, -0.15) is 0 Å². The first-order chi connectivity index (χ1) is 6.56. The van der Waals surface area contributed by atoms with Crippen molar-refractivity contribution in [3.8, 4) is 0 Å². The molecule has 1 fully saturated rings. The summed E-state index contributed by atoms with van der Waals surface area (Å²) in [6.45, 7) is 2.66. The second-order valence-corrected chi connectivity index (χ2v) is 4.89. The first kappa shape index (κ1) is 11.5. The molecule has 0 saturated carbocycles. The summed E-state index contributed by atoms with van der Waals surface area (Å²) >= 11 is 1.54. The molecule has 1 aliphatic heterocycles. The number of likely N-dealkylation sites (tertiary alicyclic amines) is 1. The summed E-state index contributed by atoms with van der Waals surface area (Å²) in [5, 5.41) is -0.179. The molecule has 2 atom stereocenters. The molecule has 1 aliphatic rings. The first-order valence-electron chi connectivity index (χ1n) is 4.68. The normalized spacial score (nSPS) is 24.5. The highest BCUT2D eigenvalue weighted by molar-refractivity contribution is 8.00. The Morgan fingerprint density at radius 1 is 1.64 bits per heavy atom. The van der Waals surface area contributed by atoms with Crippen molar-refractivity contribution >= 4 is 23.6 Å². The fourth-order valence-corrected chi connectivity index (χ4v) is 2.46. The van der Waals surface area contributed by atoms with Crippen molar-refractivity contribution in [2.24, 2.45) is 11.7 Å². The van der Waals surface area contributed by atoms with E-state index in [1.54, 1.807) is 11.8 Å². The molecular formula is C9H16N2O2S. The van der Waals surface area contributed by atoms with E-state index in [9.17, 15) is 9.59 Å². The molecule has 0 aromatic rings. The number of hydrogen-bond donors (Lipinski definition) is 1. The molecule has 4 nitrogen and oxygen atoms in total. The Labute approximate surface area is 88.2 Å². The van der Waals surface area contributed by atoms with E-state index >= 15 is 0 Å². The molecule has 0 aromatic heterocycles. The summed E-state index contributed by atoms with van der Waals surface area (Å²) in [5.41, 5.74) is 5.47. The van der Waals surface area contributed by atoms with Crippen molar-refractivity contribution in [3.63, 3.8) is 0 Å². The van der Waals surface area contributed by atoms with Gasteiger partial charge >= 0.3 is 0 Å². The number of nitrogens with two attached hydrogens (primary N) is 1. The van der Waals surface area contributed by atoms with Gasteiger partial charge in [-0.15, -0.1) is 11.8 Å². The van der Waals surface area contributed by atoms with Crippen molar-refractivity contribution in [1.29, 1.82) is 0 Å². The standard InChI is InChI=1S/C9H16N2O2S/c1-6(4-10)5-14-7-3-8(12)11(2)9(7)13/h6-7H,3-5,10H2,1-2H3. The molecular weight excluding hydrogens is 200 g/mol. The highest BCUT2D eigenvalue weighted by Crippen LogP contribution is 2.25. The van der Waals surface area contributed by atoms with Crippen LogP contribution in [0.15, 0.2) is 0 Å². The van der Waals surface area contributed by atoms with Crippen LogP contribution in [0.25, 0.3) is 0 Å². The lowest BCUT2D eigenvalue weighted by Gasteiger charge is -2.11. The summed E-state index contributed by atoms with van der Waals surface area (Å²) in [4.78, 5) is 23.9. The topological polar surface area (TPSA) is 63.4 Å². The van der Waals surface area contributed by atoms with Crippen LogP contribution in [0.2, 0.25) is 0 Å². The van der Waals surface area contributed by atoms with Gasteiger partial charge in [0.05, 0.1) is 5.25 Å². The van der Waals surface area contributed by atoms with Crippen LogP contribution in [0, 0.1) is 5.92 Å². The van der Waals surface area contributed by atoms with E-state index < -0.39 is 0 Å². The highest BCUT2D eigenvalue weighted by atomic mass is 32.2. The number of thioether (sulfide) groups is 1. The summed E-state index contributed by atoms with van der Waals surface area (Å²) in [6, 6.07) is 0. The van der Waals surface area contributed by atoms with Crippen molar-refractivity contribution in [2.45, 2.75) is 18.6 Å². The average Bonchev–Trinajstić information content (AvgIpc) is 2.42. The van der Waals surface area contributed by atoms with Crippen LogP contribution >= 0.6 is 11.8 Å². The van der Waals surface area contributed by atoms with E-state index in [2.05, 4.69) is 0 Å². The van der Waals surface area contributed by atoms with E-state index in [0.29, 0.717) is 18.9 Å². The third-order valence-corrected chi connectivity index (χ3v) is 3.86. The molecule has 2 unspecified atom stereocenters. The summed E-state index contributed by atoms with van der Waals surface area (Å²) in [5.74, 6) is 1.10. The van der Waals surface area contributed by atoms with Gasteiger partial charge in [0.25, 0.3) is 0 Å². The van der Waals surface area contributed by atoms with Crippen LogP contribution < -0.4 is 5.73 Å². The fourth-order valence-electron chi connectivity index (χ4n) is 1.20. The lowest BCUT2D eigenvalue weighted by Crippen LogP contribution is -2.27. The van der Waals surface area contributed by atoms with Crippen LogP contribution in [-0.2, 0) is 9.59 Å². The largest absolute Gasteiger partial charge is 0.330 e. The minimum absolute atomic E-state index is 0.0655. The van der Waals surface area contributed by atoms with Crippen LogP contribution in [0.1, 0.15) is 13.3 Å². The van der Waals surface area contributed by atoms with Gasteiger partial charge in [0.1, 0.15) is 0 Å². The van der Waals surface area contributed by atoms with E-state index in [0.717, 1.165) is 5.75 Å². The maximum absolute atomic E-state index is 11.5. The second-order valence-electron chi connectivity index (χ2n) is 3.66. The Kier molecular flexibility index (Phi) is 3.95. The maximum atomic E-state index is 11.5. The molecule has 0 spiro atoms. The van der Waals surface area contributed by atoms with Gasteiger partial charge in [0.2, 0.25) is 11.8 Å². The molecule has 2 amide bonds. The summed E-state index contributed by atoms with van der Waals surface area (Å²) in [6.07, 6.45) is 0.345. The first-order valence-corrected chi connectivity index (χ1v) is 5.73. The Balaban J connectivity index is 2.40. The Morgan fingerprint density at radius 3 is 2.71 bits per heavy atom. The van der Waals surface area contributed by atoms with Crippen LogP contribution in [-0.4, -0.2) is 41.3 Å². The van der Waals surface area contributed by atoms with E-state index in [1.165, 1.54) is 11.9 Å². The lowest BCUT2D eigenvalue weighted by molar-refractivity contribution is -0.136. The number of nitrogens with zero attached hydrogens (tertiary/aromatic N) is 1. The predicted molar refractivity (Wildman–Crippen MR) is 56.9 cm³/mol. The molecule has 1 saturated heterocycles. The highest BCUT2D eigenvalue weighted by Gasteiger charge is 2.36. The number of imide groups is 1. The molecule has 0 aromatic carbocycles. The predicted octanol–water partition coefficient (Wildman–Crippen LogP) is 0.0717. The Morgan fingerprint density at radius 2 is 2.29 bits per heavy atom. The zero-order valence-corrected chi connectivity index (χ0v) is 9.34. The molecule has 0 radical (unpaired) electrons. The monoisotopic (exact) mass is 216 g/mol. The molecule has 14 heavy (non-hydrogen) atoms. The summed E-state index contributed by atoms with van der Waals surface area (Å²) < 4.78 is 0. The van der Waals surface area contributed by atoms with Gasteiger partial charge in [0, 0.05) is 13.5 Å². The minimum Gasteiger partial charge on any atom is -0.330 e. The quantitative estimate of drug-likeness (QED) is 0.676. The van der Waals surface area contributed by atoms with E-state index in [-0.39, 0.29) is 17.1 Å². The minimum atomic E-state index is -0.179. The van der Waals surface area contributed by atoms with E-state index in [4.69, 9.17) is 5.73 Å². The third kappa shape index (κ3) is 2.48. The van der Waals surface area contributed by atoms with Gasteiger partial charge in [-0.3, -0.25) is 14.5 Å². The molecule has 80 valence electrons. The number of carbonyl (C=O) groups is 2. The smallest absolute Gasteiger partial charge is 0.242 e. The number of carbonyl (C=O) groups excluding carboxylic acids is 2. The zero-order valence-electron chi connectivity index (χ0n) is 8.53. The Hall–Kier alpha value is -0.550. The van der Waals surface area contributed by atoms with Crippen LogP contribution in [0.4, 0.5) is 0 Å². The van der Waals surface area contributed by atoms with Gasteiger partial charge in [-0.05, 0) is 18.2 Å². The van der Waals surface area contributed by atoms with Crippen LogP contribution in [0.5, 0.6) is 0 Å². The number of amides is 2. The molecule has 5 heteroatoms. The average molecular weight is 216 g/mol. The molecule has 1 heterocycles. The maximum Gasteiger partial charge on any atom is 0.242 e. The molecule has 0 bridgehead atoms. The molecule has 1 rings (SSSR count). The lowest BCUT2D eigenvalue weighted by atomic mass is 10.2. The van der Waals surface area contributed by atoms with Crippen molar-refractivity contribution in [2.75, 3.05) is 19.3 Å². The number of rotatable bonds is 4. The van der Waals surface area contributed by atoms with Gasteiger partial charge < -0.3 is 5.73 Å². The summed E-state index contributed by atoms with van der Waals surface area (Å²) in [7, 11) is 1.54. The van der Waals surface area contributed by atoms with Crippen molar-refractivity contribution in [3.05, 3.63) is 0 Å². The third-order valence-electron chi connectivity index (χ3n) is 2.32. The zero-order chi connectivity index (χ0) is 10.7. The van der Waals surface area contributed by atoms with E-state index in [1.807, 2.05) is 6.92 Å². The molecule has 2 N–H and O–H groups in total. The number of hydrogen-bond acceptors (Lipinski definition) is 4. The fraction of sp³-hybridized carbons (Fsp3) is 0.778. The van der Waals surface area contributed by atoms with Gasteiger partial charge in [-0.1, -0.05) is 6.92 Å².